The molecular weight excluding hydrogens is 434 g/mol. The van der Waals surface area contributed by atoms with E-state index in [4.69, 9.17) is 4.74 Å². The Labute approximate surface area is 179 Å². The van der Waals surface area contributed by atoms with Crippen molar-refractivity contribution in [2.24, 2.45) is 0 Å². The maximum absolute atomic E-state index is 12.3. The fourth-order valence-corrected chi connectivity index (χ4v) is 3.60. The second kappa shape index (κ2) is 9.60. The first-order valence-electron chi connectivity index (χ1n) is 9.39. The zero-order valence-corrected chi connectivity index (χ0v) is 18.1. The van der Waals surface area contributed by atoms with Crippen LogP contribution in [0.5, 0.6) is 5.75 Å². The van der Waals surface area contributed by atoms with Crippen LogP contribution in [0.2, 0.25) is 0 Å². The van der Waals surface area contributed by atoms with E-state index in [2.05, 4.69) is 26.1 Å². The molecule has 152 valence electrons. The highest BCUT2D eigenvalue weighted by molar-refractivity contribution is 9.10. The Morgan fingerprint density at radius 1 is 1.07 bits per heavy atom. The Morgan fingerprint density at radius 2 is 1.76 bits per heavy atom. The number of methoxy groups -OCH3 is 1. The van der Waals surface area contributed by atoms with Gasteiger partial charge in [0, 0.05) is 60.6 Å². The average molecular weight is 458 g/mol. The van der Waals surface area contributed by atoms with Crippen molar-refractivity contribution in [3.63, 3.8) is 0 Å². The van der Waals surface area contributed by atoms with Crippen LogP contribution in [0.25, 0.3) is 6.08 Å². The van der Waals surface area contributed by atoms with Gasteiger partial charge in [0.1, 0.15) is 5.75 Å². The van der Waals surface area contributed by atoms with Crippen LogP contribution >= 0.6 is 15.9 Å². The molecule has 0 bridgehead atoms. The fraction of sp³-hybridized carbons (Fsp3) is 0.273. The summed E-state index contributed by atoms with van der Waals surface area (Å²) in [5, 5.41) is 2.87. The highest BCUT2D eigenvalue weighted by atomic mass is 79.9. The van der Waals surface area contributed by atoms with Gasteiger partial charge in [0.05, 0.1) is 7.11 Å². The smallest absolute Gasteiger partial charge is 0.248 e. The minimum atomic E-state index is -0.213. The van der Waals surface area contributed by atoms with Crippen molar-refractivity contribution in [2.75, 3.05) is 43.5 Å². The van der Waals surface area contributed by atoms with Crippen molar-refractivity contribution < 1.29 is 14.3 Å². The molecule has 1 aliphatic rings. The molecule has 0 aliphatic carbocycles. The Bertz CT molecular complexity index is 904. The Balaban J connectivity index is 1.58. The van der Waals surface area contributed by atoms with Crippen molar-refractivity contribution in [1.29, 1.82) is 0 Å². The van der Waals surface area contributed by atoms with Gasteiger partial charge in [-0.05, 0) is 48.5 Å². The molecule has 0 spiro atoms. The number of amides is 2. The van der Waals surface area contributed by atoms with Crippen molar-refractivity contribution >= 4 is 45.2 Å². The van der Waals surface area contributed by atoms with Gasteiger partial charge in [-0.25, -0.2) is 0 Å². The Morgan fingerprint density at radius 3 is 2.38 bits per heavy atom. The average Bonchev–Trinajstić information content (AvgIpc) is 2.73. The largest absolute Gasteiger partial charge is 0.496 e. The molecule has 2 amide bonds. The number of nitrogens with zero attached hydrogens (tertiary/aromatic N) is 2. The van der Waals surface area contributed by atoms with Gasteiger partial charge < -0.3 is 19.9 Å². The van der Waals surface area contributed by atoms with Crippen molar-refractivity contribution in [3.8, 4) is 5.75 Å². The molecule has 1 saturated heterocycles. The zero-order valence-electron chi connectivity index (χ0n) is 16.5. The molecule has 6 nitrogen and oxygen atoms in total. The number of anilines is 2. The third-order valence-electron chi connectivity index (χ3n) is 4.83. The van der Waals surface area contributed by atoms with E-state index in [0.717, 1.165) is 47.6 Å². The predicted octanol–water partition coefficient (Wildman–Crippen LogP) is 3.78. The molecule has 0 saturated carbocycles. The van der Waals surface area contributed by atoms with E-state index in [9.17, 15) is 9.59 Å². The van der Waals surface area contributed by atoms with Crippen LogP contribution in [-0.2, 0) is 9.59 Å². The lowest BCUT2D eigenvalue weighted by Gasteiger charge is -2.35. The van der Waals surface area contributed by atoms with E-state index in [1.54, 1.807) is 20.1 Å². The minimum absolute atomic E-state index is 0.122. The highest BCUT2D eigenvalue weighted by Crippen LogP contribution is 2.24. The molecule has 3 rings (SSSR count). The van der Waals surface area contributed by atoms with Crippen molar-refractivity contribution in [1.82, 2.24) is 4.90 Å². The molecule has 2 aromatic carbocycles. The number of benzene rings is 2. The first-order chi connectivity index (χ1) is 14.0. The number of hydrogen-bond donors (Lipinski definition) is 1. The number of ether oxygens (including phenoxy) is 1. The van der Waals surface area contributed by atoms with E-state index >= 15 is 0 Å². The number of rotatable bonds is 5. The second-order valence-electron chi connectivity index (χ2n) is 6.75. The van der Waals surface area contributed by atoms with Crippen LogP contribution < -0.4 is 15.0 Å². The summed E-state index contributed by atoms with van der Waals surface area (Å²) in [6, 6.07) is 13.4. The molecular formula is C22H24BrN3O3. The van der Waals surface area contributed by atoms with Crippen LogP contribution in [0.3, 0.4) is 0 Å². The monoisotopic (exact) mass is 457 g/mol. The fourth-order valence-electron chi connectivity index (χ4n) is 3.22. The van der Waals surface area contributed by atoms with Crippen LogP contribution in [0, 0.1) is 0 Å². The number of carbonyl (C=O) groups excluding carboxylic acids is 2. The molecule has 7 heteroatoms. The topological polar surface area (TPSA) is 61.9 Å². The number of carbonyl (C=O) groups is 2. The van der Waals surface area contributed by atoms with Gasteiger partial charge in [-0.2, -0.15) is 0 Å². The SMILES string of the molecule is COc1ccc(Br)cc1/C=C\C(=O)Nc1ccc(N2CCN(C(C)=O)CC2)cc1. The Kier molecular flexibility index (Phi) is 6.93. The summed E-state index contributed by atoms with van der Waals surface area (Å²) in [7, 11) is 1.60. The number of hydrogen-bond acceptors (Lipinski definition) is 4. The molecule has 29 heavy (non-hydrogen) atoms. The summed E-state index contributed by atoms with van der Waals surface area (Å²) in [5.41, 5.74) is 2.63. The molecule has 1 fully saturated rings. The Hall–Kier alpha value is -2.80. The summed E-state index contributed by atoms with van der Waals surface area (Å²) in [4.78, 5) is 27.8. The molecule has 0 radical (unpaired) electrons. The number of piperazine rings is 1. The summed E-state index contributed by atoms with van der Waals surface area (Å²) < 4.78 is 6.23. The lowest BCUT2D eigenvalue weighted by molar-refractivity contribution is -0.129. The van der Waals surface area contributed by atoms with Gasteiger partial charge >= 0.3 is 0 Å². The van der Waals surface area contributed by atoms with Crippen molar-refractivity contribution in [3.05, 3.63) is 58.6 Å². The van der Waals surface area contributed by atoms with Gasteiger partial charge in [0.25, 0.3) is 0 Å². The first kappa shape index (κ1) is 20.9. The maximum atomic E-state index is 12.3. The quantitative estimate of drug-likeness (QED) is 0.693. The van der Waals surface area contributed by atoms with Crippen LogP contribution in [0.1, 0.15) is 12.5 Å². The van der Waals surface area contributed by atoms with Crippen LogP contribution in [0.15, 0.2) is 53.0 Å². The number of nitrogens with one attached hydrogen (secondary N) is 1. The lowest BCUT2D eigenvalue weighted by Crippen LogP contribution is -2.48. The third kappa shape index (κ3) is 5.60. The lowest BCUT2D eigenvalue weighted by atomic mass is 10.2. The van der Waals surface area contributed by atoms with Crippen molar-refractivity contribution in [2.45, 2.75) is 6.92 Å². The first-order valence-corrected chi connectivity index (χ1v) is 10.2. The van der Waals surface area contributed by atoms with Crippen LogP contribution in [0.4, 0.5) is 11.4 Å². The van der Waals surface area contributed by atoms with Gasteiger partial charge in [0.2, 0.25) is 11.8 Å². The molecule has 1 heterocycles. The third-order valence-corrected chi connectivity index (χ3v) is 5.32. The van der Waals surface area contributed by atoms with Gasteiger partial charge in [-0.1, -0.05) is 15.9 Å². The van der Waals surface area contributed by atoms with E-state index in [1.807, 2.05) is 47.4 Å². The zero-order chi connectivity index (χ0) is 20.8. The molecule has 0 atom stereocenters. The highest BCUT2D eigenvalue weighted by Gasteiger charge is 2.18. The summed E-state index contributed by atoms with van der Waals surface area (Å²) >= 11 is 3.42. The summed E-state index contributed by atoms with van der Waals surface area (Å²) in [5.74, 6) is 0.609. The van der Waals surface area contributed by atoms with E-state index < -0.39 is 0 Å². The number of halogens is 1. The van der Waals surface area contributed by atoms with E-state index in [-0.39, 0.29) is 11.8 Å². The van der Waals surface area contributed by atoms with Gasteiger partial charge in [-0.3, -0.25) is 9.59 Å². The van der Waals surface area contributed by atoms with E-state index in [1.165, 1.54) is 6.08 Å². The normalized spacial score (nSPS) is 14.2. The molecule has 2 aromatic rings. The van der Waals surface area contributed by atoms with Gasteiger partial charge in [-0.15, -0.1) is 0 Å². The maximum Gasteiger partial charge on any atom is 0.248 e. The summed E-state index contributed by atoms with van der Waals surface area (Å²) in [6.45, 7) is 4.69. The predicted molar refractivity (Wildman–Crippen MR) is 119 cm³/mol. The molecule has 1 aliphatic heterocycles. The van der Waals surface area contributed by atoms with E-state index in [0.29, 0.717) is 5.75 Å². The standard InChI is InChI=1S/C22H24BrN3O3/c1-16(27)25-11-13-26(14-12-25)20-7-5-19(6-8-20)24-22(28)10-3-17-15-18(23)4-9-21(17)29-2/h3-10,15H,11-14H2,1-2H3,(H,24,28)/b10-3-. The molecule has 0 unspecified atom stereocenters. The summed E-state index contributed by atoms with van der Waals surface area (Å²) in [6.07, 6.45) is 3.21. The minimum Gasteiger partial charge on any atom is -0.496 e. The molecule has 1 N–H and O–H groups in total. The van der Waals surface area contributed by atoms with Crippen LogP contribution in [-0.4, -0.2) is 50.0 Å². The molecule has 0 aromatic heterocycles. The van der Waals surface area contributed by atoms with Gasteiger partial charge in [0.15, 0.2) is 0 Å². The second-order valence-corrected chi connectivity index (χ2v) is 7.66.